The molecule has 0 spiro atoms. The Morgan fingerprint density at radius 2 is 2.10 bits per heavy atom. The summed E-state index contributed by atoms with van der Waals surface area (Å²) >= 11 is 3.20. The lowest BCUT2D eigenvalue weighted by atomic mass is 10.4. The van der Waals surface area contributed by atoms with E-state index in [1.807, 2.05) is 0 Å². The number of anilines is 1. The van der Waals surface area contributed by atoms with Gasteiger partial charge >= 0.3 is 0 Å². The summed E-state index contributed by atoms with van der Waals surface area (Å²) in [5.74, 6) is 0.0141. The second-order valence-electron chi connectivity index (χ2n) is 4.84. The maximum atomic E-state index is 12.1. The van der Waals surface area contributed by atoms with Crippen LogP contribution < -0.4 is 10.5 Å². The van der Waals surface area contributed by atoms with Gasteiger partial charge in [0.2, 0.25) is 10.0 Å². The van der Waals surface area contributed by atoms with Crippen molar-refractivity contribution >= 4 is 31.8 Å². The van der Waals surface area contributed by atoms with Crippen molar-refractivity contribution in [1.29, 1.82) is 0 Å². The Labute approximate surface area is 127 Å². The molecule has 1 aliphatic heterocycles. The number of sulfonamides is 1. The molecule has 1 saturated heterocycles. The predicted octanol–water partition coefficient (Wildman–Crippen LogP) is 1.19. The molecule has 20 heavy (non-hydrogen) atoms. The quantitative estimate of drug-likeness (QED) is 0.742. The van der Waals surface area contributed by atoms with Crippen LogP contribution in [0, 0.1) is 0 Å². The molecule has 2 heterocycles. The number of hydrogen-bond acceptors (Lipinski definition) is 5. The lowest BCUT2D eigenvalue weighted by Crippen LogP contribution is -2.29. The molecule has 1 aliphatic rings. The van der Waals surface area contributed by atoms with E-state index >= 15 is 0 Å². The molecule has 0 aliphatic carbocycles. The molecule has 0 aromatic carbocycles. The molecule has 0 atom stereocenters. The fraction of sp³-hybridized carbons (Fsp3) is 0.583. The van der Waals surface area contributed by atoms with Gasteiger partial charge in [-0.15, -0.1) is 0 Å². The lowest BCUT2D eigenvalue weighted by molar-refractivity contribution is 0.334. The van der Waals surface area contributed by atoms with E-state index in [1.165, 1.54) is 25.1 Å². The monoisotopic (exact) mass is 362 g/mol. The number of aromatic nitrogens is 1. The molecule has 3 N–H and O–H groups in total. The zero-order valence-corrected chi connectivity index (χ0v) is 13.6. The second kappa shape index (κ2) is 6.84. The van der Waals surface area contributed by atoms with Gasteiger partial charge in [0.15, 0.2) is 0 Å². The third-order valence-electron chi connectivity index (χ3n) is 3.28. The van der Waals surface area contributed by atoms with Crippen LogP contribution in [0.5, 0.6) is 0 Å². The van der Waals surface area contributed by atoms with Gasteiger partial charge in [0.05, 0.1) is 0 Å². The largest absolute Gasteiger partial charge is 0.383 e. The molecule has 0 amide bonds. The minimum Gasteiger partial charge on any atom is -0.383 e. The minimum absolute atomic E-state index is 0.0141. The van der Waals surface area contributed by atoms with E-state index in [-0.39, 0.29) is 10.7 Å². The van der Waals surface area contributed by atoms with E-state index in [4.69, 9.17) is 5.73 Å². The van der Waals surface area contributed by atoms with Gasteiger partial charge in [-0.3, -0.25) is 0 Å². The summed E-state index contributed by atoms with van der Waals surface area (Å²) in [6.07, 6.45) is 4.75. The number of hydrogen-bond donors (Lipinski definition) is 2. The Morgan fingerprint density at radius 3 is 2.80 bits per heavy atom. The summed E-state index contributed by atoms with van der Waals surface area (Å²) in [6, 6.07) is 1.46. The summed E-state index contributed by atoms with van der Waals surface area (Å²) < 4.78 is 27.4. The van der Waals surface area contributed by atoms with E-state index in [1.54, 1.807) is 0 Å². The van der Waals surface area contributed by atoms with Crippen LogP contribution in [0.4, 0.5) is 5.82 Å². The summed E-state index contributed by atoms with van der Waals surface area (Å²) in [5, 5.41) is 0. The highest BCUT2D eigenvalue weighted by molar-refractivity contribution is 9.10. The Hall–Kier alpha value is -0.700. The Kier molecular flexibility index (Phi) is 5.36. The first-order valence-electron chi connectivity index (χ1n) is 6.62. The number of nitrogens with two attached hydrogens (primary N) is 1. The molecule has 1 fully saturated rings. The fourth-order valence-corrected chi connectivity index (χ4v) is 3.90. The van der Waals surface area contributed by atoms with Gasteiger partial charge in [-0.25, -0.2) is 18.1 Å². The minimum atomic E-state index is -3.60. The molecule has 6 nitrogen and oxygen atoms in total. The highest BCUT2D eigenvalue weighted by Crippen LogP contribution is 2.20. The second-order valence-corrected chi connectivity index (χ2v) is 7.49. The van der Waals surface area contributed by atoms with Crippen molar-refractivity contribution in [3.8, 4) is 0 Å². The molecule has 2 rings (SSSR count). The smallest absolute Gasteiger partial charge is 0.244 e. The van der Waals surface area contributed by atoms with E-state index in [0.717, 1.165) is 26.1 Å². The van der Waals surface area contributed by atoms with Crippen LogP contribution in [0.1, 0.15) is 19.3 Å². The van der Waals surface area contributed by atoms with Gasteiger partial charge < -0.3 is 10.6 Å². The zero-order chi connectivity index (χ0) is 14.6. The standard InChI is InChI=1S/C12H19BrN4O2S/c13-10-8-11(12(14)15-9-10)20(18,19)16-4-3-7-17-5-1-2-6-17/h8-9,16H,1-7H2,(H2,14,15). The maximum Gasteiger partial charge on any atom is 0.244 e. The molecular formula is C12H19BrN4O2S. The van der Waals surface area contributed by atoms with Crippen LogP contribution >= 0.6 is 15.9 Å². The number of likely N-dealkylation sites (tertiary alicyclic amines) is 1. The number of halogens is 1. The summed E-state index contributed by atoms with van der Waals surface area (Å²) in [5.41, 5.74) is 5.62. The van der Waals surface area contributed by atoms with Crippen molar-refractivity contribution in [2.75, 3.05) is 31.9 Å². The SMILES string of the molecule is Nc1ncc(Br)cc1S(=O)(=O)NCCCN1CCCC1. The number of nitrogen functional groups attached to an aromatic ring is 1. The molecule has 0 bridgehead atoms. The van der Waals surface area contributed by atoms with Gasteiger partial charge in [-0.1, -0.05) is 0 Å². The van der Waals surface area contributed by atoms with Gasteiger partial charge in [-0.2, -0.15) is 0 Å². The van der Waals surface area contributed by atoms with E-state index < -0.39 is 10.0 Å². The number of rotatable bonds is 6. The van der Waals surface area contributed by atoms with Crippen molar-refractivity contribution < 1.29 is 8.42 Å². The van der Waals surface area contributed by atoms with E-state index in [0.29, 0.717) is 11.0 Å². The van der Waals surface area contributed by atoms with Crippen LogP contribution in [0.25, 0.3) is 0 Å². The van der Waals surface area contributed by atoms with E-state index in [2.05, 4.69) is 30.5 Å². The molecule has 0 unspecified atom stereocenters. The first kappa shape index (κ1) is 15.7. The molecular weight excluding hydrogens is 344 g/mol. The van der Waals surface area contributed by atoms with Crippen LogP contribution in [0.3, 0.4) is 0 Å². The number of pyridine rings is 1. The van der Waals surface area contributed by atoms with Crippen molar-refractivity contribution in [3.63, 3.8) is 0 Å². The van der Waals surface area contributed by atoms with Crippen LogP contribution in [0.15, 0.2) is 21.6 Å². The van der Waals surface area contributed by atoms with Gasteiger partial charge in [0, 0.05) is 17.2 Å². The van der Waals surface area contributed by atoms with Crippen molar-refractivity contribution in [1.82, 2.24) is 14.6 Å². The topological polar surface area (TPSA) is 88.3 Å². The number of nitrogens with one attached hydrogen (secondary N) is 1. The Balaban J connectivity index is 1.88. The van der Waals surface area contributed by atoms with Crippen LogP contribution in [-0.2, 0) is 10.0 Å². The van der Waals surface area contributed by atoms with Crippen molar-refractivity contribution in [2.45, 2.75) is 24.2 Å². The average molecular weight is 363 g/mol. The molecule has 8 heteroatoms. The summed E-state index contributed by atoms with van der Waals surface area (Å²) in [7, 11) is -3.60. The summed E-state index contributed by atoms with van der Waals surface area (Å²) in [6.45, 7) is 3.57. The number of nitrogens with zero attached hydrogens (tertiary/aromatic N) is 2. The third kappa shape index (κ3) is 4.15. The average Bonchev–Trinajstić information content (AvgIpc) is 2.90. The third-order valence-corrected chi connectivity index (χ3v) is 5.20. The normalized spacial score (nSPS) is 16.6. The molecule has 112 valence electrons. The Morgan fingerprint density at radius 1 is 1.40 bits per heavy atom. The van der Waals surface area contributed by atoms with Crippen LogP contribution in [0.2, 0.25) is 0 Å². The zero-order valence-electron chi connectivity index (χ0n) is 11.2. The maximum absolute atomic E-state index is 12.1. The predicted molar refractivity (Wildman–Crippen MR) is 81.8 cm³/mol. The summed E-state index contributed by atoms with van der Waals surface area (Å²) in [4.78, 5) is 6.21. The van der Waals surface area contributed by atoms with Gasteiger partial charge in [0.25, 0.3) is 0 Å². The lowest BCUT2D eigenvalue weighted by Gasteiger charge is -2.14. The molecule has 0 saturated carbocycles. The molecule has 1 aromatic heterocycles. The van der Waals surface area contributed by atoms with Crippen LogP contribution in [-0.4, -0.2) is 44.5 Å². The Bertz CT molecular complexity index is 559. The van der Waals surface area contributed by atoms with Gasteiger partial charge in [0.1, 0.15) is 10.7 Å². The fourth-order valence-electron chi connectivity index (χ4n) is 2.24. The van der Waals surface area contributed by atoms with Crippen molar-refractivity contribution in [2.24, 2.45) is 0 Å². The van der Waals surface area contributed by atoms with E-state index in [9.17, 15) is 8.42 Å². The molecule has 1 aromatic rings. The van der Waals surface area contributed by atoms with Gasteiger partial charge in [-0.05, 0) is 60.9 Å². The van der Waals surface area contributed by atoms with Crippen molar-refractivity contribution in [3.05, 3.63) is 16.7 Å². The first-order chi connectivity index (χ1) is 9.49. The highest BCUT2D eigenvalue weighted by atomic mass is 79.9. The first-order valence-corrected chi connectivity index (χ1v) is 8.90. The molecule has 0 radical (unpaired) electrons. The highest BCUT2D eigenvalue weighted by Gasteiger charge is 2.18.